The maximum atomic E-state index is 13.2. The summed E-state index contributed by atoms with van der Waals surface area (Å²) in [7, 11) is 0. The SMILES string of the molecule is Oc1ccc(F)cc1CN1Cc2ccccc2C1. The number of phenols is 1. The second-order valence-corrected chi connectivity index (χ2v) is 4.69. The topological polar surface area (TPSA) is 23.5 Å². The largest absolute Gasteiger partial charge is 0.508 e. The lowest BCUT2D eigenvalue weighted by molar-refractivity contribution is 0.270. The van der Waals surface area contributed by atoms with E-state index in [0.717, 1.165) is 13.1 Å². The molecule has 0 radical (unpaired) electrons. The highest BCUT2D eigenvalue weighted by Gasteiger charge is 2.19. The van der Waals surface area contributed by atoms with Gasteiger partial charge in [0.2, 0.25) is 0 Å². The molecule has 3 rings (SSSR count). The zero-order chi connectivity index (χ0) is 12.5. The van der Waals surface area contributed by atoms with E-state index in [4.69, 9.17) is 0 Å². The van der Waals surface area contributed by atoms with Crippen LogP contribution in [0.1, 0.15) is 16.7 Å². The maximum absolute atomic E-state index is 13.2. The summed E-state index contributed by atoms with van der Waals surface area (Å²) in [6, 6.07) is 12.4. The molecule has 0 unspecified atom stereocenters. The summed E-state index contributed by atoms with van der Waals surface area (Å²) in [5, 5.41) is 9.72. The van der Waals surface area contributed by atoms with Crippen LogP contribution in [0.4, 0.5) is 4.39 Å². The van der Waals surface area contributed by atoms with E-state index in [2.05, 4.69) is 17.0 Å². The Bertz CT molecular complexity index is 557. The van der Waals surface area contributed by atoms with E-state index >= 15 is 0 Å². The Kier molecular flexibility index (Phi) is 2.76. The molecule has 2 nitrogen and oxygen atoms in total. The summed E-state index contributed by atoms with van der Waals surface area (Å²) < 4.78 is 13.2. The maximum Gasteiger partial charge on any atom is 0.123 e. The molecule has 0 aromatic heterocycles. The Morgan fingerprint density at radius 3 is 2.39 bits per heavy atom. The molecule has 2 aromatic carbocycles. The molecule has 2 aromatic rings. The van der Waals surface area contributed by atoms with Gasteiger partial charge in [-0.2, -0.15) is 0 Å². The average molecular weight is 243 g/mol. The third-order valence-corrected chi connectivity index (χ3v) is 3.34. The van der Waals surface area contributed by atoms with Gasteiger partial charge in [0.25, 0.3) is 0 Å². The first-order chi connectivity index (χ1) is 8.72. The number of hydrogen-bond donors (Lipinski definition) is 1. The van der Waals surface area contributed by atoms with E-state index in [-0.39, 0.29) is 11.6 Å². The highest BCUT2D eigenvalue weighted by molar-refractivity contribution is 5.34. The molecule has 1 heterocycles. The van der Waals surface area contributed by atoms with Crippen LogP contribution in [0.15, 0.2) is 42.5 Å². The summed E-state index contributed by atoms with van der Waals surface area (Å²) in [4.78, 5) is 2.19. The zero-order valence-corrected chi connectivity index (χ0v) is 9.94. The lowest BCUT2D eigenvalue weighted by atomic mass is 10.1. The van der Waals surface area contributed by atoms with E-state index in [1.54, 1.807) is 0 Å². The first-order valence-corrected chi connectivity index (χ1v) is 5.99. The van der Waals surface area contributed by atoms with Crippen LogP contribution in [0, 0.1) is 5.82 Å². The van der Waals surface area contributed by atoms with Crippen molar-refractivity contribution in [1.82, 2.24) is 4.90 Å². The lowest BCUT2D eigenvalue weighted by Gasteiger charge is -2.15. The van der Waals surface area contributed by atoms with E-state index in [0.29, 0.717) is 12.1 Å². The van der Waals surface area contributed by atoms with Gasteiger partial charge < -0.3 is 5.11 Å². The third kappa shape index (κ3) is 2.09. The molecule has 0 spiro atoms. The Morgan fingerprint density at radius 2 is 1.72 bits per heavy atom. The quantitative estimate of drug-likeness (QED) is 0.876. The van der Waals surface area contributed by atoms with Crippen LogP contribution in [0.5, 0.6) is 5.75 Å². The minimum Gasteiger partial charge on any atom is -0.508 e. The lowest BCUT2D eigenvalue weighted by Crippen LogP contribution is -2.15. The van der Waals surface area contributed by atoms with Gasteiger partial charge in [-0.05, 0) is 29.3 Å². The van der Waals surface area contributed by atoms with Crippen LogP contribution in [-0.4, -0.2) is 10.0 Å². The monoisotopic (exact) mass is 243 g/mol. The van der Waals surface area contributed by atoms with Crippen LogP contribution >= 0.6 is 0 Å². The summed E-state index contributed by atoms with van der Waals surface area (Å²) in [5.41, 5.74) is 3.27. The fourth-order valence-electron chi connectivity index (χ4n) is 2.44. The van der Waals surface area contributed by atoms with Gasteiger partial charge in [0.05, 0.1) is 0 Å². The molecule has 0 saturated heterocycles. The summed E-state index contributed by atoms with van der Waals surface area (Å²) >= 11 is 0. The van der Waals surface area contributed by atoms with Crippen molar-refractivity contribution in [1.29, 1.82) is 0 Å². The van der Waals surface area contributed by atoms with Crippen molar-refractivity contribution in [2.45, 2.75) is 19.6 Å². The Morgan fingerprint density at radius 1 is 1.06 bits per heavy atom. The van der Waals surface area contributed by atoms with Gasteiger partial charge in [-0.3, -0.25) is 4.90 Å². The van der Waals surface area contributed by atoms with Crippen molar-refractivity contribution in [3.8, 4) is 5.75 Å². The van der Waals surface area contributed by atoms with Crippen molar-refractivity contribution in [2.75, 3.05) is 0 Å². The van der Waals surface area contributed by atoms with Crippen molar-refractivity contribution in [3.63, 3.8) is 0 Å². The number of halogens is 1. The second kappa shape index (κ2) is 4.42. The number of phenolic OH excluding ortho intramolecular Hbond substituents is 1. The van der Waals surface area contributed by atoms with E-state index in [9.17, 15) is 9.50 Å². The predicted molar refractivity (Wildman–Crippen MR) is 67.5 cm³/mol. The molecule has 1 aliphatic rings. The molecule has 3 heteroatoms. The summed E-state index contributed by atoms with van der Waals surface area (Å²) in [5.74, 6) is -0.146. The van der Waals surface area contributed by atoms with Gasteiger partial charge >= 0.3 is 0 Å². The molecule has 0 bridgehead atoms. The van der Waals surface area contributed by atoms with E-state index in [1.807, 2.05) is 12.1 Å². The van der Waals surface area contributed by atoms with E-state index in [1.165, 1.54) is 29.3 Å². The number of aromatic hydroxyl groups is 1. The molecule has 1 aliphatic heterocycles. The molecule has 0 atom stereocenters. The molecule has 0 amide bonds. The number of nitrogens with zero attached hydrogens (tertiary/aromatic N) is 1. The molecular weight excluding hydrogens is 229 g/mol. The average Bonchev–Trinajstić information content (AvgIpc) is 2.76. The molecule has 1 N–H and O–H groups in total. The first-order valence-electron chi connectivity index (χ1n) is 5.99. The number of fused-ring (bicyclic) bond motifs is 1. The molecule has 18 heavy (non-hydrogen) atoms. The van der Waals surface area contributed by atoms with Gasteiger partial charge in [0, 0.05) is 25.2 Å². The Hall–Kier alpha value is -1.87. The zero-order valence-electron chi connectivity index (χ0n) is 9.94. The molecular formula is C15H14FNO. The van der Waals surface area contributed by atoms with Gasteiger partial charge in [-0.1, -0.05) is 24.3 Å². The summed E-state index contributed by atoms with van der Waals surface area (Å²) in [6.45, 7) is 2.27. The fraction of sp³-hybridized carbons (Fsp3) is 0.200. The summed E-state index contributed by atoms with van der Waals surface area (Å²) in [6.07, 6.45) is 0. The van der Waals surface area contributed by atoms with Gasteiger partial charge in [0.1, 0.15) is 11.6 Å². The van der Waals surface area contributed by atoms with Crippen LogP contribution in [0.2, 0.25) is 0 Å². The minimum absolute atomic E-state index is 0.160. The van der Waals surface area contributed by atoms with Crippen molar-refractivity contribution in [2.24, 2.45) is 0 Å². The molecule has 92 valence electrons. The third-order valence-electron chi connectivity index (χ3n) is 3.34. The first kappa shape index (κ1) is 11.2. The van der Waals surface area contributed by atoms with Crippen molar-refractivity contribution in [3.05, 3.63) is 65.0 Å². The Labute approximate surface area is 105 Å². The van der Waals surface area contributed by atoms with E-state index < -0.39 is 0 Å². The van der Waals surface area contributed by atoms with Gasteiger partial charge in [-0.25, -0.2) is 4.39 Å². The number of hydrogen-bond acceptors (Lipinski definition) is 2. The standard InChI is InChI=1S/C15H14FNO/c16-14-5-6-15(18)13(7-14)10-17-8-11-3-1-2-4-12(11)9-17/h1-7,18H,8-10H2. The molecule has 0 fully saturated rings. The van der Waals surface area contributed by atoms with Crippen LogP contribution in [-0.2, 0) is 19.6 Å². The van der Waals surface area contributed by atoms with Crippen LogP contribution < -0.4 is 0 Å². The number of rotatable bonds is 2. The highest BCUT2D eigenvalue weighted by atomic mass is 19.1. The smallest absolute Gasteiger partial charge is 0.123 e. The Balaban J connectivity index is 1.78. The number of benzene rings is 2. The minimum atomic E-state index is -0.306. The highest BCUT2D eigenvalue weighted by Crippen LogP contribution is 2.26. The van der Waals surface area contributed by atoms with Gasteiger partial charge in [-0.15, -0.1) is 0 Å². The van der Waals surface area contributed by atoms with Crippen molar-refractivity contribution >= 4 is 0 Å². The van der Waals surface area contributed by atoms with Crippen LogP contribution in [0.25, 0.3) is 0 Å². The predicted octanol–water partition coefficient (Wildman–Crippen LogP) is 3.05. The van der Waals surface area contributed by atoms with Crippen molar-refractivity contribution < 1.29 is 9.50 Å². The molecule has 0 aliphatic carbocycles. The van der Waals surface area contributed by atoms with Crippen LogP contribution in [0.3, 0.4) is 0 Å². The molecule has 0 saturated carbocycles. The van der Waals surface area contributed by atoms with Gasteiger partial charge in [0.15, 0.2) is 0 Å². The normalized spacial score (nSPS) is 14.7. The fourth-order valence-corrected chi connectivity index (χ4v) is 2.44. The second-order valence-electron chi connectivity index (χ2n) is 4.69.